The molecule has 0 aromatic carbocycles. The van der Waals surface area contributed by atoms with Gasteiger partial charge in [0, 0.05) is 37.3 Å². The number of hydrogen-bond acceptors (Lipinski definition) is 5. The molecular weight excluding hydrogens is 392 g/mol. The van der Waals surface area contributed by atoms with Crippen LogP contribution < -0.4 is 10.4 Å². The Morgan fingerprint density at radius 2 is 1.90 bits per heavy atom. The fourth-order valence-corrected chi connectivity index (χ4v) is 5.03. The van der Waals surface area contributed by atoms with Gasteiger partial charge in [0.05, 0.1) is 18.7 Å². The maximum atomic E-state index is 12.6. The van der Waals surface area contributed by atoms with E-state index in [1.165, 1.54) is 12.8 Å². The number of H-pyrrole nitrogens is 1. The quantitative estimate of drug-likeness (QED) is 0.794. The first-order valence-corrected chi connectivity index (χ1v) is 10.6. The Balaban J connectivity index is 0.00000240. The number of rotatable bonds is 5. The molecule has 2 aromatic rings. The van der Waals surface area contributed by atoms with Crippen molar-refractivity contribution in [2.24, 2.45) is 0 Å². The van der Waals surface area contributed by atoms with Gasteiger partial charge in [0.15, 0.2) is 5.65 Å². The number of piperidine rings is 1. The Kier molecular flexibility index (Phi) is 6.91. The first kappa shape index (κ1) is 22.1. The normalized spacial score (nSPS) is 26.4. The zero-order chi connectivity index (χ0) is 19.7. The summed E-state index contributed by atoms with van der Waals surface area (Å²) >= 11 is 0. The van der Waals surface area contributed by atoms with Gasteiger partial charge in [-0.15, -0.1) is 12.4 Å². The maximum absolute atomic E-state index is 12.6. The average molecular weight is 425 g/mol. The summed E-state index contributed by atoms with van der Waals surface area (Å²) in [5, 5.41) is 0. The summed E-state index contributed by atoms with van der Waals surface area (Å²) in [6, 6.07) is 3.83. The highest BCUT2D eigenvalue weighted by molar-refractivity contribution is 5.85. The van der Waals surface area contributed by atoms with Crippen molar-refractivity contribution in [3.8, 4) is 5.88 Å². The second-order valence-electron chi connectivity index (χ2n) is 8.39. The molecule has 1 N–H and O–H groups in total. The molecule has 7 nitrogen and oxygen atoms in total. The highest BCUT2D eigenvalue weighted by Gasteiger charge is 2.38. The number of likely N-dealkylation sites (tertiary alicyclic amines) is 1. The van der Waals surface area contributed by atoms with E-state index in [9.17, 15) is 4.79 Å². The first-order valence-electron chi connectivity index (χ1n) is 10.6. The predicted octanol–water partition coefficient (Wildman–Crippen LogP) is 3.53. The fourth-order valence-electron chi connectivity index (χ4n) is 5.03. The number of nitrogens with one attached hydrogen (secondary N) is 1. The summed E-state index contributed by atoms with van der Waals surface area (Å²) in [6.07, 6.45) is 7.04. The average Bonchev–Trinajstić information content (AvgIpc) is 3.05. The van der Waals surface area contributed by atoms with Crippen LogP contribution in [0.1, 0.15) is 58.4 Å². The second kappa shape index (κ2) is 9.06. The van der Waals surface area contributed by atoms with Crippen molar-refractivity contribution >= 4 is 23.6 Å². The number of methoxy groups -OCH3 is 1. The summed E-state index contributed by atoms with van der Waals surface area (Å²) in [5.74, 6) is 0.538. The number of hydrogen-bond donors (Lipinski definition) is 1. The van der Waals surface area contributed by atoms with E-state index in [1.54, 1.807) is 13.2 Å². The smallest absolute Gasteiger partial charge is 0.327 e. The van der Waals surface area contributed by atoms with Crippen molar-refractivity contribution in [3.05, 3.63) is 22.6 Å². The number of imidazole rings is 1. The molecule has 0 spiro atoms. The van der Waals surface area contributed by atoms with Gasteiger partial charge in [-0.25, -0.2) is 4.79 Å². The van der Waals surface area contributed by atoms with E-state index in [1.807, 2.05) is 10.6 Å². The highest BCUT2D eigenvalue weighted by Crippen LogP contribution is 2.37. The minimum Gasteiger partial charge on any atom is -0.481 e. The standard InChI is InChI=1S/C21H32N4O3.ClH/c1-4-28-16-7-11-21(2,12-8-16)24-13-9-15(10-14-24)25-19-17(22-20(25)26)5-6-18(23-19)27-3;/h5-6,15-16H,4,7-14H2,1-3H3,(H,22,26);1H. The van der Waals surface area contributed by atoms with Gasteiger partial charge in [0.2, 0.25) is 5.88 Å². The molecule has 1 saturated heterocycles. The van der Waals surface area contributed by atoms with Crippen LogP contribution in [0.3, 0.4) is 0 Å². The lowest BCUT2D eigenvalue weighted by atomic mass is 9.79. The second-order valence-corrected chi connectivity index (χ2v) is 8.39. The molecule has 1 aliphatic heterocycles. The van der Waals surface area contributed by atoms with Crippen LogP contribution in [0.25, 0.3) is 11.2 Å². The summed E-state index contributed by atoms with van der Waals surface area (Å²) in [7, 11) is 1.60. The number of fused-ring (bicyclic) bond motifs is 1. The lowest BCUT2D eigenvalue weighted by Crippen LogP contribution is -2.53. The Morgan fingerprint density at radius 1 is 1.21 bits per heavy atom. The van der Waals surface area contributed by atoms with Crippen molar-refractivity contribution in [3.63, 3.8) is 0 Å². The van der Waals surface area contributed by atoms with E-state index in [0.29, 0.717) is 17.6 Å². The highest BCUT2D eigenvalue weighted by atomic mass is 35.5. The van der Waals surface area contributed by atoms with Gasteiger partial charge in [-0.2, -0.15) is 4.98 Å². The molecule has 0 bridgehead atoms. The molecule has 0 amide bonds. The van der Waals surface area contributed by atoms with Crippen molar-refractivity contribution in [2.45, 2.75) is 70.1 Å². The van der Waals surface area contributed by atoms with Gasteiger partial charge in [-0.3, -0.25) is 9.47 Å². The van der Waals surface area contributed by atoms with E-state index in [2.05, 4.69) is 28.7 Å². The minimum absolute atomic E-state index is 0. The molecule has 8 heteroatoms. The van der Waals surface area contributed by atoms with Crippen molar-refractivity contribution < 1.29 is 9.47 Å². The lowest BCUT2D eigenvalue weighted by Gasteiger charge is -2.48. The van der Waals surface area contributed by atoms with Gasteiger partial charge in [-0.1, -0.05) is 0 Å². The summed E-state index contributed by atoms with van der Waals surface area (Å²) in [4.78, 5) is 22.7. The van der Waals surface area contributed by atoms with Crippen molar-refractivity contribution in [2.75, 3.05) is 26.8 Å². The van der Waals surface area contributed by atoms with Crippen LogP contribution in [-0.2, 0) is 4.74 Å². The molecule has 1 aliphatic carbocycles. The summed E-state index contributed by atoms with van der Waals surface area (Å²) in [6.45, 7) is 7.33. The number of nitrogens with zero attached hydrogens (tertiary/aromatic N) is 3. The van der Waals surface area contributed by atoms with Crippen LogP contribution in [0.2, 0.25) is 0 Å². The molecule has 0 atom stereocenters. The van der Waals surface area contributed by atoms with Crippen LogP contribution >= 0.6 is 12.4 Å². The van der Waals surface area contributed by atoms with Crippen LogP contribution in [0, 0.1) is 0 Å². The molecule has 1 saturated carbocycles. The van der Waals surface area contributed by atoms with E-state index >= 15 is 0 Å². The van der Waals surface area contributed by atoms with Gasteiger partial charge < -0.3 is 14.5 Å². The van der Waals surface area contributed by atoms with Crippen LogP contribution in [0.15, 0.2) is 16.9 Å². The van der Waals surface area contributed by atoms with Crippen LogP contribution in [0.4, 0.5) is 0 Å². The maximum Gasteiger partial charge on any atom is 0.327 e. The number of aromatic amines is 1. The fraction of sp³-hybridized carbons (Fsp3) is 0.714. The number of aromatic nitrogens is 3. The van der Waals surface area contributed by atoms with Crippen molar-refractivity contribution in [1.82, 2.24) is 19.4 Å². The topological polar surface area (TPSA) is 72.4 Å². The molecule has 2 fully saturated rings. The zero-order valence-electron chi connectivity index (χ0n) is 17.6. The van der Waals surface area contributed by atoms with Gasteiger partial charge in [0.25, 0.3) is 0 Å². The Labute approximate surface area is 178 Å². The predicted molar refractivity (Wildman–Crippen MR) is 116 cm³/mol. The molecular formula is C21H33ClN4O3. The van der Waals surface area contributed by atoms with Crippen LogP contribution in [0.5, 0.6) is 5.88 Å². The van der Waals surface area contributed by atoms with E-state index in [4.69, 9.17) is 9.47 Å². The molecule has 0 radical (unpaired) electrons. The van der Waals surface area contributed by atoms with Gasteiger partial charge in [-0.05, 0) is 58.4 Å². The molecule has 162 valence electrons. The summed E-state index contributed by atoms with van der Waals surface area (Å²) < 4.78 is 12.9. The minimum atomic E-state index is -0.0716. The third-order valence-corrected chi connectivity index (χ3v) is 6.75. The van der Waals surface area contributed by atoms with E-state index < -0.39 is 0 Å². The number of halogens is 1. The van der Waals surface area contributed by atoms with Gasteiger partial charge >= 0.3 is 5.69 Å². The molecule has 2 aromatic heterocycles. The molecule has 3 heterocycles. The Morgan fingerprint density at radius 3 is 2.52 bits per heavy atom. The molecule has 0 unspecified atom stereocenters. The lowest BCUT2D eigenvalue weighted by molar-refractivity contribution is -0.0273. The molecule has 4 rings (SSSR count). The third-order valence-electron chi connectivity index (χ3n) is 6.75. The van der Waals surface area contributed by atoms with Gasteiger partial charge in [0.1, 0.15) is 0 Å². The number of ether oxygens (including phenoxy) is 2. The molecule has 2 aliphatic rings. The third kappa shape index (κ3) is 4.32. The first-order chi connectivity index (χ1) is 13.5. The summed E-state index contributed by atoms with van der Waals surface area (Å²) in [5.41, 5.74) is 1.66. The van der Waals surface area contributed by atoms with Crippen LogP contribution in [-0.4, -0.2) is 57.9 Å². The Bertz CT molecular complexity index is 864. The molecule has 29 heavy (non-hydrogen) atoms. The number of pyridine rings is 1. The van der Waals surface area contributed by atoms with E-state index in [0.717, 1.165) is 50.9 Å². The van der Waals surface area contributed by atoms with Crippen molar-refractivity contribution in [1.29, 1.82) is 0 Å². The largest absolute Gasteiger partial charge is 0.481 e. The zero-order valence-corrected chi connectivity index (χ0v) is 18.5. The Hall–Kier alpha value is -1.57. The monoisotopic (exact) mass is 424 g/mol. The van der Waals surface area contributed by atoms with E-state index in [-0.39, 0.29) is 29.7 Å². The SMILES string of the molecule is CCOC1CCC(C)(N2CCC(n3c(=O)[nH]c4ccc(OC)nc43)CC2)CC1.Cl.